The van der Waals surface area contributed by atoms with Crippen molar-refractivity contribution in [2.24, 2.45) is 0 Å². The van der Waals surface area contributed by atoms with Crippen LogP contribution in [0.1, 0.15) is 23.7 Å². The first-order chi connectivity index (χ1) is 9.40. The molecule has 0 radical (unpaired) electrons. The molecule has 0 aromatic heterocycles. The van der Waals surface area contributed by atoms with Crippen LogP contribution in [-0.2, 0) is 4.79 Å². The number of carboxylic acids is 1. The fourth-order valence-corrected chi connectivity index (χ4v) is 2.00. The molecule has 1 rings (SSSR count). The van der Waals surface area contributed by atoms with Gasteiger partial charge < -0.3 is 10.4 Å². The van der Waals surface area contributed by atoms with E-state index in [-0.39, 0.29) is 17.7 Å². The maximum atomic E-state index is 12.0. The average molecular weight is 298 g/mol. The Hall–Kier alpha value is -2.09. The van der Waals surface area contributed by atoms with E-state index in [0.29, 0.717) is 4.90 Å². The van der Waals surface area contributed by atoms with Crippen LogP contribution in [0.25, 0.3) is 0 Å². The van der Waals surface area contributed by atoms with Crippen LogP contribution in [0.3, 0.4) is 0 Å². The molecule has 0 saturated heterocycles. The van der Waals surface area contributed by atoms with E-state index in [9.17, 15) is 19.7 Å². The molecule has 1 atom stereocenters. The number of nitro benzene ring substituents is 1. The van der Waals surface area contributed by atoms with E-state index in [2.05, 4.69) is 5.32 Å². The van der Waals surface area contributed by atoms with E-state index in [1.807, 2.05) is 0 Å². The number of benzene rings is 1. The van der Waals surface area contributed by atoms with Crippen molar-refractivity contribution in [3.8, 4) is 0 Å². The summed E-state index contributed by atoms with van der Waals surface area (Å²) in [6.45, 7) is 1.60. The van der Waals surface area contributed by atoms with Gasteiger partial charge in [0.15, 0.2) is 0 Å². The molecule has 2 N–H and O–H groups in total. The molecule has 1 aromatic carbocycles. The molecule has 0 unspecified atom stereocenters. The third-order valence-electron chi connectivity index (χ3n) is 2.66. The Morgan fingerprint density at radius 2 is 2.15 bits per heavy atom. The number of aliphatic carboxylic acids is 1. The van der Waals surface area contributed by atoms with Gasteiger partial charge in [-0.15, -0.1) is 11.8 Å². The van der Waals surface area contributed by atoms with Crippen molar-refractivity contribution < 1.29 is 19.6 Å². The lowest BCUT2D eigenvalue weighted by molar-refractivity contribution is -0.385. The molecule has 0 fully saturated rings. The zero-order valence-corrected chi connectivity index (χ0v) is 11.8. The minimum Gasteiger partial charge on any atom is -0.480 e. The summed E-state index contributed by atoms with van der Waals surface area (Å²) < 4.78 is 0. The highest BCUT2D eigenvalue weighted by Crippen LogP contribution is 2.24. The largest absolute Gasteiger partial charge is 0.480 e. The van der Waals surface area contributed by atoms with Gasteiger partial charge in [-0.3, -0.25) is 14.9 Å². The van der Waals surface area contributed by atoms with Gasteiger partial charge >= 0.3 is 5.97 Å². The van der Waals surface area contributed by atoms with Gasteiger partial charge in [0.25, 0.3) is 11.6 Å². The Morgan fingerprint density at radius 3 is 2.60 bits per heavy atom. The molecule has 108 valence electrons. The smallest absolute Gasteiger partial charge is 0.326 e. The third-order valence-corrected chi connectivity index (χ3v) is 3.38. The molecule has 0 saturated carbocycles. The number of hydrogen-bond donors (Lipinski definition) is 2. The minimum absolute atomic E-state index is 0.137. The molecule has 0 spiro atoms. The van der Waals surface area contributed by atoms with E-state index in [4.69, 9.17) is 5.11 Å². The molecule has 0 bridgehead atoms. The maximum Gasteiger partial charge on any atom is 0.326 e. The molecular weight excluding hydrogens is 284 g/mol. The molecule has 0 aliphatic heterocycles. The summed E-state index contributed by atoms with van der Waals surface area (Å²) in [6, 6.07) is 3.09. The van der Waals surface area contributed by atoms with Crippen LogP contribution in [0.4, 0.5) is 5.69 Å². The van der Waals surface area contributed by atoms with Gasteiger partial charge in [0.05, 0.1) is 4.92 Å². The van der Waals surface area contributed by atoms with Crippen LogP contribution < -0.4 is 5.32 Å². The fraction of sp³-hybridized carbons (Fsp3) is 0.333. The lowest BCUT2D eigenvalue weighted by atomic mass is 10.1. The molecule has 0 heterocycles. The van der Waals surface area contributed by atoms with Crippen LogP contribution in [0.15, 0.2) is 23.1 Å². The second-order valence-electron chi connectivity index (χ2n) is 3.91. The number of nitrogens with zero attached hydrogens (tertiary/aromatic N) is 1. The van der Waals surface area contributed by atoms with E-state index >= 15 is 0 Å². The van der Waals surface area contributed by atoms with Crippen molar-refractivity contribution in [1.29, 1.82) is 0 Å². The standard InChI is InChI=1S/C12H14N2O5S/c1-3-9(12(16)17)13-11(15)8-6-7(20-2)4-5-10(8)14(18)19/h4-6,9H,3H2,1-2H3,(H,13,15)(H,16,17)/t9-/m1/s1. The van der Waals surface area contributed by atoms with Crippen molar-refractivity contribution in [2.75, 3.05) is 6.26 Å². The average Bonchev–Trinajstić information content (AvgIpc) is 2.43. The summed E-state index contributed by atoms with van der Waals surface area (Å²) >= 11 is 1.33. The first-order valence-electron chi connectivity index (χ1n) is 5.76. The Labute approximate surface area is 119 Å². The Bertz CT molecular complexity index is 547. The number of amides is 1. The maximum absolute atomic E-state index is 12.0. The number of carboxylic acid groups (broad SMARTS) is 1. The molecule has 1 aromatic rings. The number of nitrogens with one attached hydrogen (secondary N) is 1. The summed E-state index contributed by atoms with van der Waals surface area (Å²) in [5.74, 6) is -1.94. The lowest BCUT2D eigenvalue weighted by Gasteiger charge is -2.12. The predicted octanol–water partition coefficient (Wildman–Crippen LogP) is 1.91. The summed E-state index contributed by atoms with van der Waals surface area (Å²) in [6.07, 6.45) is 1.96. The first-order valence-corrected chi connectivity index (χ1v) is 6.99. The summed E-state index contributed by atoms with van der Waals surface area (Å²) in [5.41, 5.74) is -0.484. The third kappa shape index (κ3) is 3.70. The van der Waals surface area contributed by atoms with Crippen LogP contribution in [0, 0.1) is 10.1 Å². The van der Waals surface area contributed by atoms with Crippen molar-refractivity contribution in [1.82, 2.24) is 5.32 Å². The zero-order chi connectivity index (χ0) is 15.3. The Morgan fingerprint density at radius 1 is 1.50 bits per heavy atom. The van der Waals surface area contributed by atoms with Crippen LogP contribution in [-0.4, -0.2) is 34.2 Å². The lowest BCUT2D eigenvalue weighted by Crippen LogP contribution is -2.40. The number of nitro groups is 1. The second-order valence-corrected chi connectivity index (χ2v) is 4.79. The molecule has 1 amide bonds. The predicted molar refractivity (Wildman–Crippen MR) is 74.1 cm³/mol. The van der Waals surface area contributed by atoms with Gasteiger partial charge in [-0.25, -0.2) is 4.79 Å². The molecule has 0 aliphatic rings. The van der Waals surface area contributed by atoms with Gasteiger partial charge in [0, 0.05) is 11.0 Å². The highest BCUT2D eigenvalue weighted by atomic mass is 32.2. The summed E-state index contributed by atoms with van der Waals surface area (Å²) in [5, 5.41) is 22.1. The topological polar surface area (TPSA) is 110 Å². The first kappa shape index (κ1) is 16.0. The number of hydrogen-bond acceptors (Lipinski definition) is 5. The molecule has 0 aliphatic carbocycles. The highest BCUT2D eigenvalue weighted by molar-refractivity contribution is 7.98. The van der Waals surface area contributed by atoms with Crippen LogP contribution >= 0.6 is 11.8 Å². The SMILES string of the molecule is CC[C@@H](NC(=O)c1cc(SC)ccc1[N+](=O)[O-])C(=O)O. The van der Waals surface area contributed by atoms with Crippen molar-refractivity contribution >= 4 is 29.3 Å². The van der Waals surface area contributed by atoms with Gasteiger partial charge in [-0.2, -0.15) is 0 Å². The quantitative estimate of drug-likeness (QED) is 0.471. The van der Waals surface area contributed by atoms with Gasteiger partial charge in [-0.05, 0) is 24.8 Å². The van der Waals surface area contributed by atoms with Crippen LogP contribution in [0.5, 0.6) is 0 Å². The van der Waals surface area contributed by atoms with Crippen LogP contribution in [0.2, 0.25) is 0 Å². The van der Waals surface area contributed by atoms with Gasteiger partial charge in [0.2, 0.25) is 0 Å². The Kier molecular flexibility index (Phi) is 5.51. The summed E-state index contributed by atoms with van der Waals surface area (Å²) in [7, 11) is 0. The van der Waals surface area contributed by atoms with E-state index in [1.54, 1.807) is 13.2 Å². The number of carbonyl (C=O) groups excluding carboxylic acids is 1. The summed E-state index contributed by atoms with van der Waals surface area (Å²) in [4.78, 5) is 33.8. The number of carbonyl (C=O) groups is 2. The van der Waals surface area contributed by atoms with Gasteiger partial charge in [-0.1, -0.05) is 6.92 Å². The minimum atomic E-state index is -1.18. The zero-order valence-electron chi connectivity index (χ0n) is 11.0. The molecular formula is C12H14N2O5S. The molecule has 20 heavy (non-hydrogen) atoms. The van der Waals surface area contributed by atoms with Crippen molar-refractivity contribution in [2.45, 2.75) is 24.3 Å². The molecule has 8 heteroatoms. The van der Waals surface area contributed by atoms with E-state index in [0.717, 1.165) is 0 Å². The fourth-order valence-electron chi connectivity index (χ4n) is 1.56. The van der Waals surface area contributed by atoms with E-state index < -0.39 is 22.8 Å². The Balaban J connectivity index is 3.12. The van der Waals surface area contributed by atoms with E-state index in [1.165, 1.54) is 30.0 Å². The number of rotatable bonds is 6. The number of thioether (sulfide) groups is 1. The monoisotopic (exact) mass is 298 g/mol. The second kappa shape index (κ2) is 6.90. The normalized spacial score (nSPS) is 11.7. The highest BCUT2D eigenvalue weighted by Gasteiger charge is 2.24. The van der Waals surface area contributed by atoms with Gasteiger partial charge in [0.1, 0.15) is 11.6 Å². The van der Waals surface area contributed by atoms with Crippen molar-refractivity contribution in [3.05, 3.63) is 33.9 Å². The molecule has 7 nitrogen and oxygen atoms in total. The van der Waals surface area contributed by atoms with Crippen molar-refractivity contribution in [3.63, 3.8) is 0 Å².